The van der Waals surface area contributed by atoms with E-state index in [1.54, 1.807) is 0 Å². The van der Waals surface area contributed by atoms with E-state index >= 15 is 0 Å². The first-order chi connectivity index (χ1) is 11.3. The Labute approximate surface area is 135 Å². The Morgan fingerprint density at radius 1 is 0.870 bits per heavy atom. The van der Waals surface area contributed by atoms with Gasteiger partial charge in [-0.2, -0.15) is 0 Å². The van der Waals surface area contributed by atoms with Crippen LogP contribution in [0, 0.1) is 0 Å². The summed E-state index contributed by atoms with van der Waals surface area (Å²) in [5, 5.41) is 5.27. The number of benzene rings is 3. The highest BCUT2D eigenvalue weighted by atomic mass is 16.2. The van der Waals surface area contributed by atoms with Crippen molar-refractivity contribution in [2.24, 2.45) is 0 Å². The molecule has 1 aliphatic heterocycles. The molecule has 3 aromatic carbocycles. The molecule has 4 rings (SSSR count). The van der Waals surface area contributed by atoms with E-state index in [2.05, 4.69) is 46.6 Å². The molecule has 3 heteroatoms. The van der Waals surface area contributed by atoms with E-state index in [1.165, 1.54) is 11.1 Å². The Hall–Kier alpha value is -2.65. The van der Waals surface area contributed by atoms with Gasteiger partial charge in [0.2, 0.25) is 5.91 Å². The Balaban J connectivity index is 1.47. The normalized spacial score (nSPS) is 13.9. The molecule has 0 fully saturated rings. The molecule has 3 nitrogen and oxygen atoms in total. The van der Waals surface area contributed by atoms with Gasteiger partial charge in [-0.25, -0.2) is 0 Å². The second-order valence-corrected chi connectivity index (χ2v) is 5.99. The lowest BCUT2D eigenvalue weighted by molar-refractivity contribution is -0.117. The molecule has 1 aliphatic rings. The number of nitrogens with one attached hydrogen (secondary N) is 1. The minimum atomic E-state index is 0.0363. The van der Waals surface area contributed by atoms with E-state index < -0.39 is 0 Å². The minimum Gasteiger partial charge on any atom is -0.324 e. The maximum Gasteiger partial charge on any atom is 0.238 e. The average Bonchev–Trinajstić information content (AvgIpc) is 2.97. The molecular formula is C20H18N2O. The average molecular weight is 302 g/mol. The number of rotatable bonds is 3. The molecule has 0 bridgehead atoms. The highest BCUT2D eigenvalue weighted by molar-refractivity contribution is 6.02. The molecule has 1 N–H and O–H groups in total. The van der Waals surface area contributed by atoms with E-state index in [9.17, 15) is 4.79 Å². The number of carbonyl (C=O) groups excluding carboxylic acids is 1. The summed E-state index contributed by atoms with van der Waals surface area (Å²) >= 11 is 0. The monoisotopic (exact) mass is 302 g/mol. The zero-order valence-corrected chi connectivity index (χ0v) is 12.8. The standard InChI is InChI=1S/C20H18N2O/c23-20(14-22-12-16-7-1-2-8-17(16)13-22)21-19-11-5-9-15-6-3-4-10-18(15)19/h1-11H,12-14H2,(H,21,23). The van der Waals surface area contributed by atoms with Crippen molar-refractivity contribution in [1.29, 1.82) is 0 Å². The van der Waals surface area contributed by atoms with Gasteiger partial charge in [0, 0.05) is 24.2 Å². The van der Waals surface area contributed by atoms with Gasteiger partial charge >= 0.3 is 0 Å². The third kappa shape index (κ3) is 2.83. The van der Waals surface area contributed by atoms with Crippen LogP contribution < -0.4 is 5.32 Å². The summed E-state index contributed by atoms with van der Waals surface area (Å²) in [5.74, 6) is 0.0363. The first-order valence-corrected chi connectivity index (χ1v) is 7.86. The fourth-order valence-electron chi connectivity index (χ4n) is 3.24. The van der Waals surface area contributed by atoms with Crippen molar-refractivity contribution in [2.45, 2.75) is 13.1 Å². The van der Waals surface area contributed by atoms with Gasteiger partial charge < -0.3 is 5.32 Å². The van der Waals surface area contributed by atoms with Gasteiger partial charge in [0.15, 0.2) is 0 Å². The van der Waals surface area contributed by atoms with Crippen LogP contribution in [0.4, 0.5) is 5.69 Å². The topological polar surface area (TPSA) is 32.3 Å². The van der Waals surface area contributed by atoms with Crippen LogP contribution in [0.2, 0.25) is 0 Å². The number of fused-ring (bicyclic) bond motifs is 2. The van der Waals surface area contributed by atoms with E-state index in [4.69, 9.17) is 0 Å². The minimum absolute atomic E-state index is 0.0363. The van der Waals surface area contributed by atoms with Crippen molar-refractivity contribution in [2.75, 3.05) is 11.9 Å². The van der Waals surface area contributed by atoms with Crippen molar-refractivity contribution in [3.8, 4) is 0 Å². The van der Waals surface area contributed by atoms with Crippen molar-refractivity contribution >= 4 is 22.4 Å². The van der Waals surface area contributed by atoms with Crippen LogP contribution >= 0.6 is 0 Å². The third-order valence-electron chi connectivity index (χ3n) is 4.34. The highest BCUT2D eigenvalue weighted by Gasteiger charge is 2.20. The quantitative estimate of drug-likeness (QED) is 0.798. The number of hydrogen-bond donors (Lipinski definition) is 1. The molecule has 114 valence electrons. The smallest absolute Gasteiger partial charge is 0.238 e. The van der Waals surface area contributed by atoms with Crippen LogP contribution in [-0.4, -0.2) is 17.4 Å². The highest BCUT2D eigenvalue weighted by Crippen LogP contribution is 2.24. The van der Waals surface area contributed by atoms with Crippen LogP contribution in [0.1, 0.15) is 11.1 Å². The zero-order chi connectivity index (χ0) is 15.6. The molecule has 3 aromatic rings. The summed E-state index contributed by atoms with van der Waals surface area (Å²) < 4.78 is 0. The lowest BCUT2D eigenvalue weighted by atomic mass is 10.1. The van der Waals surface area contributed by atoms with Crippen LogP contribution in [0.5, 0.6) is 0 Å². The number of nitrogens with zero attached hydrogens (tertiary/aromatic N) is 1. The molecule has 1 heterocycles. The van der Waals surface area contributed by atoms with E-state index in [0.717, 1.165) is 29.5 Å². The fourth-order valence-corrected chi connectivity index (χ4v) is 3.24. The molecule has 0 atom stereocenters. The Morgan fingerprint density at radius 2 is 1.52 bits per heavy atom. The van der Waals surface area contributed by atoms with Gasteiger partial charge in [-0.15, -0.1) is 0 Å². The molecular weight excluding hydrogens is 284 g/mol. The van der Waals surface area contributed by atoms with Gasteiger partial charge in [0.1, 0.15) is 0 Å². The number of carbonyl (C=O) groups is 1. The molecule has 23 heavy (non-hydrogen) atoms. The lowest BCUT2D eigenvalue weighted by Crippen LogP contribution is -2.29. The number of anilines is 1. The second kappa shape index (κ2) is 5.86. The predicted octanol–water partition coefficient (Wildman–Crippen LogP) is 3.79. The lowest BCUT2D eigenvalue weighted by Gasteiger charge is -2.15. The summed E-state index contributed by atoms with van der Waals surface area (Å²) in [7, 11) is 0. The molecule has 0 aromatic heterocycles. The summed E-state index contributed by atoms with van der Waals surface area (Å²) in [6.45, 7) is 2.11. The van der Waals surface area contributed by atoms with Crippen molar-refractivity contribution in [3.63, 3.8) is 0 Å². The van der Waals surface area contributed by atoms with E-state index in [1.807, 2.05) is 30.3 Å². The summed E-state index contributed by atoms with van der Waals surface area (Å²) in [4.78, 5) is 14.6. The predicted molar refractivity (Wildman–Crippen MR) is 93.1 cm³/mol. The van der Waals surface area contributed by atoms with Gasteiger partial charge in [-0.3, -0.25) is 9.69 Å². The first-order valence-electron chi connectivity index (χ1n) is 7.86. The molecule has 0 spiro atoms. The number of amides is 1. The molecule has 1 amide bonds. The fraction of sp³-hybridized carbons (Fsp3) is 0.150. The number of hydrogen-bond acceptors (Lipinski definition) is 2. The van der Waals surface area contributed by atoms with Crippen LogP contribution in [0.3, 0.4) is 0 Å². The van der Waals surface area contributed by atoms with Crippen LogP contribution in [-0.2, 0) is 17.9 Å². The maximum atomic E-state index is 12.4. The third-order valence-corrected chi connectivity index (χ3v) is 4.34. The summed E-state index contributed by atoms with van der Waals surface area (Å²) in [6.07, 6.45) is 0. The van der Waals surface area contributed by atoms with Crippen molar-refractivity contribution in [1.82, 2.24) is 4.90 Å². The van der Waals surface area contributed by atoms with Crippen LogP contribution in [0.25, 0.3) is 10.8 Å². The zero-order valence-electron chi connectivity index (χ0n) is 12.8. The maximum absolute atomic E-state index is 12.4. The van der Waals surface area contributed by atoms with Crippen molar-refractivity contribution in [3.05, 3.63) is 77.9 Å². The van der Waals surface area contributed by atoms with Gasteiger partial charge in [-0.05, 0) is 22.6 Å². The SMILES string of the molecule is O=C(CN1Cc2ccccc2C1)Nc1cccc2ccccc12. The van der Waals surface area contributed by atoms with Gasteiger partial charge in [-0.1, -0.05) is 60.7 Å². The molecule has 0 unspecified atom stereocenters. The molecule has 0 radical (unpaired) electrons. The first kappa shape index (κ1) is 14.0. The van der Waals surface area contributed by atoms with E-state index in [0.29, 0.717) is 6.54 Å². The summed E-state index contributed by atoms with van der Waals surface area (Å²) in [5.41, 5.74) is 3.53. The van der Waals surface area contributed by atoms with E-state index in [-0.39, 0.29) is 5.91 Å². The van der Waals surface area contributed by atoms with Crippen LogP contribution in [0.15, 0.2) is 66.7 Å². The van der Waals surface area contributed by atoms with Gasteiger partial charge in [0.05, 0.1) is 6.54 Å². The Morgan fingerprint density at radius 3 is 2.30 bits per heavy atom. The second-order valence-electron chi connectivity index (χ2n) is 5.99. The van der Waals surface area contributed by atoms with Gasteiger partial charge in [0.25, 0.3) is 0 Å². The molecule has 0 aliphatic carbocycles. The Bertz CT molecular complexity index is 842. The Kier molecular flexibility index (Phi) is 3.56. The summed E-state index contributed by atoms with van der Waals surface area (Å²) in [6, 6.07) is 22.5. The van der Waals surface area contributed by atoms with Crippen molar-refractivity contribution < 1.29 is 4.79 Å². The largest absolute Gasteiger partial charge is 0.324 e. The molecule has 0 saturated heterocycles. The molecule has 0 saturated carbocycles.